The summed E-state index contributed by atoms with van der Waals surface area (Å²) in [6, 6.07) is 15.9. The highest BCUT2D eigenvalue weighted by atomic mass is 32.2. The largest absolute Gasteiger partial charge is 0.444 e. The van der Waals surface area contributed by atoms with Gasteiger partial charge in [0.15, 0.2) is 9.84 Å². The summed E-state index contributed by atoms with van der Waals surface area (Å²) in [5.41, 5.74) is 6.12. The van der Waals surface area contributed by atoms with Crippen LogP contribution >= 0.6 is 0 Å². The molecule has 0 saturated heterocycles. The Bertz CT molecular complexity index is 982. The Hall–Kier alpha value is -2.38. The molecule has 0 aliphatic heterocycles. The second kappa shape index (κ2) is 7.46. The number of ether oxygens (including phenoxy) is 1. The molecule has 0 radical (unpaired) electrons. The Morgan fingerprint density at radius 2 is 1.69 bits per heavy atom. The fraction of sp³-hybridized carbons (Fsp3) is 0.409. The summed E-state index contributed by atoms with van der Waals surface area (Å²) in [5, 5.41) is 1.92. The molecule has 0 spiro atoms. The van der Waals surface area contributed by atoms with Crippen LogP contribution in [-0.4, -0.2) is 37.4 Å². The zero-order chi connectivity index (χ0) is 21.4. The highest BCUT2D eigenvalue weighted by Crippen LogP contribution is 2.56. The molecule has 3 N–H and O–H groups in total. The normalized spacial score (nSPS) is 24.0. The summed E-state index contributed by atoms with van der Waals surface area (Å²) < 4.78 is 32.3. The first-order valence-electron chi connectivity index (χ1n) is 9.58. The van der Waals surface area contributed by atoms with Crippen molar-refractivity contribution in [1.29, 1.82) is 0 Å². The average Bonchev–Trinajstić information content (AvgIpc) is 3.31. The third-order valence-corrected chi connectivity index (χ3v) is 7.46. The number of carbonyl (C=O) groups is 1. The lowest BCUT2D eigenvalue weighted by atomic mass is 10.0. The summed E-state index contributed by atoms with van der Waals surface area (Å²) >= 11 is 0. The molecule has 1 aliphatic carbocycles. The number of sulfone groups is 1. The molecular formula is C22H28N2O4S. The van der Waals surface area contributed by atoms with Crippen LogP contribution in [0.2, 0.25) is 0 Å². The minimum Gasteiger partial charge on any atom is -0.444 e. The van der Waals surface area contributed by atoms with Crippen LogP contribution in [0.5, 0.6) is 0 Å². The van der Waals surface area contributed by atoms with E-state index in [9.17, 15) is 13.2 Å². The van der Waals surface area contributed by atoms with Crippen molar-refractivity contribution in [3.8, 4) is 0 Å². The van der Waals surface area contributed by atoms with Gasteiger partial charge >= 0.3 is 6.09 Å². The molecule has 3 atom stereocenters. The highest BCUT2D eigenvalue weighted by molar-refractivity contribution is 7.92. The number of hydrogen-bond donors (Lipinski definition) is 2. The summed E-state index contributed by atoms with van der Waals surface area (Å²) in [7, 11) is -3.73. The summed E-state index contributed by atoms with van der Waals surface area (Å²) in [5.74, 6) is -0.467. The maximum absolute atomic E-state index is 13.4. The van der Waals surface area contributed by atoms with E-state index < -0.39 is 38.2 Å². The van der Waals surface area contributed by atoms with Crippen LogP contribution < -0.4 is 11.1 Å². The SMILES string of the molecule is Cc1ccc(C2C(S(=O)(=O)c3ccccc3)C2(CN)NC(=O)OC(C)(C)C)cc1. The van der Waals surface area contributed by atoms with Gasteiger partial charge in [-0.15, -0.1) is 0 Å². The molecule has 6 nitrogen and oxygen atoms in total. The predicted molar refractivity (Wildman–Crippen MR) is 112 cm³/mol. The molecule has 1 amide bonds. The van der Waals surface area contributed by atoms with Gasteiger partial charge in [0.25, 0.3) is 0 Å². The monoisotopic (exact) mass is 416 g/mol. The lowest BCUT2D eigenvalue weighted by molar-refractivity contribution is 0.0497. The topological polar surface area (TPSA) is 98.5 Å². The van der Waals surface area contributed by atoms with Crippen molar-refractivity contribution in [2.45, 2.75) is 54.9 Å². The second-order valence-electron chi connectivity index (χ2n) is 8.54. The lowest BCUT2D eigenvalue weighted by Gasteiger charge is -2.24. The van der Waals surface area contributed by atoms with Gasteiger partial charge in [-0.25, -0.2) is 13.2 Å². The van der Waals surface area contributed by atoms with Crippen molar-refractivity contribution in [3.63, 3.8) is 0 Å². The molecule has 156 valence electrons. The molecule has 1 aliphatic rings. The third-order valence-electron chi connectivity index (χ3n) is 5.17. The number of carbonyl (C=O) groups excluding carboxylic acids is 1. The first kappa shape index (κ1) is 21.3. The zero-order valence-corrected chi connectivity index (χ0v) is 18.0. The molecular weight excluding hydrogens is 388 g/mol. The van der Waals surface area contributed by atoms with Gasteiger partial charge in [0.2, 0.25) is 0 Å². The van der Waals surface area contributed by atoms with Crippen molar-refractivity contribution in [3.05, 3.63) is 65.7 Å². The van der Waals surface area contributed by atoms with Gasteiger partial charge in [-0.2, -0.15) is 0 Å². The maximum atomic E-state index is 13.4. The van der Waals surface area contributed by atoms with Crippen molar-refractivity contribution < 1.29 is 17.9 Å². The standard InChI is InChI=1S/C22H28N2O4S/c1-15-10-12-16(13-11-15)18-19(29(26,27)17-8-6-5-7-9-17)22(18,14-23)24-20(25)28-21(2,3)4/h5-13,18-19H,14,23H2,1-4H3,(H,24,25). The Balaban J connectivity index is 2.03. The van der Waals surface area contributed by atoms with Crippen LogP contribution in [0.4, 0.5) is 4.79 Å². The van der Waals surface area contributed by atoms with E-state index in [1.54, 1.807) is 51.1 Å². The van der Waals surface area contributed by atoms with Gasteiger partial charge in [-0.3, -0.25) is 0 Å². The maximum Gasteiger partial charge on any atom is 0.408 e. The molecule has 1 saturated carbocycles. The quantitative estimate of drug-likeness (QED) is 0.780. The first-order chi connectivity index (χ1) is 13.5. The molecule has 3 rings (SSSR count). The van der Waals surface area contributed by atoms with Gasteiger partial charge in [-0.1, -0.05) is 48.0 Å². The molecule has 2 aromatic rings. The van der Waals surface area contributed by atoms with E-state index in [-0.39, 0.29) is 11.4 Å². The van der Waals surface area contributed by atoms with E-state index in [0.29, 0.717) is 0 Å². The Morgan fingerprint density at radius 1 is 1.10 bits per heavy atom. The van der Waals surface area contributed by atoms with Crippen LogP contribution in [0, 0.1) is 6.92 Å². The van der Waals surface area contributed by atoms with E-state index in [1.165, 1.54) is 0 Å². The number of nitrogens with one attached hydrogen (secondary N) is 1. The van der Waals surface area contributed by atoms with Crippen molar-refractivity contribution in [2.75, 3.05) is 6.54 Å². The Labute approximate surface area is 172 Å². The average molecular weight is 417 g/mol. The molecule has 7 heteroatoms. The fourth-order valence-corrected chi connectivity index (χ4v) is 6.17. The van der Waals surface area contributed by atoms with Crippen molar-refractivity contribution >= 4 is 15.9 Å². The molecule has 3 unspecified atom stereocenters. The van der Waals surface area contributed by atoms with Crippen molar-refractivity contribution in [2.24, 2.45) is 5.73 Å². The summed E-state index contributed by atoms with van der Waals surface area (Å²) in [4.78, 5) is 12.7. The van der Waals surface area contributed by atoms with Gasteiger partial charge in [0, 0.05) is 12.5 Å². The van der Waals surface area contributed by atoms with E-state index in [1.807, 2.05) is 31.2 Å². The molecule has 2 aromatic carbocycles. The van der Waals surface area contributed by atoms with E-state index >= 15 is 0 Å². The Kier molecular flexibility index (Phi) is 5.49. The van der Waals surface area contributed by atoms with Crippen LogP contribution in [0.1, 0.15) is 37.8 Å². The second-order valence-corrected chi connectivity index (χ2v) is 10.6. The number of hydrogen-bond acceptors (Lipinski definition) is 5. The zero-order valence-electron chi connectivity index (χ0n) is 17.2. The van der Waals surface area contributed by atoms with Crippen molar-refractivity contribution in [1.82, 2.24) is 5.32 Å². The lowest BCUT2D eigenvalue weighted by Crippen LogP contribution is -2.49. The van der Waals surface area contributed by atoms with E-state index in [2.05, 4.69) is 5.32 Å². The summed E-state index contributed by atoms with van der Waals surface area (Å²) in [6.07, 6.45) is -0.675. The number of amides is 1. The first-order valence-corrected chi connectivity index (χ1v) is 11.1. The summed E-state index contributed by atoms with van der Waals surface area (Å²) in [6.45, 7) is 7.20. The van der Waals surface area contributed by atoms with Gasteiger partial charge < -0.3 is 15.8 Å². The van der Waals surface area contributed by atoms with Crippen LogP contribution in [0.3, 0.4) is 0 Å². The molecule has 1 fully saturated rings. The van der Waals surface area contributed by atoms with Gasteiger partial charge in [-0.05, 0) is 45.4 Å². The molecule has 0 bridgehead atoms. The number of alkyl carbamates (subject to hydrolysis) is 1. The third kappa shape index (κ3) is 4.16. The number of nitrogens with two attached hydrogens (primary N) is 1. The molecule has 0 heterocycles. The number of aryl methyl sites for hydroxylation is 1. The van der Waals surface area contributed by atoms with Gasteiger partial charge in [0.05, 0.1) is 10.4 Å². The predicted octanol–water partition coefficient (Wildman–Crippen LogP) is 3.16. The smallest absolute Gasteiger partial charge is 0.408 e. The number of rotatable bonds is 5. The van der Waals surface area contributed by atoms with Crippen LogP contribution in [-0.2, 0) is 14.6 Å². The highest BCUT2D eigenvalue weighted by Gasteiger charge is 2.71. The molecule has 29 heavy (non-hydrogen) atoms. The minimum absolute atomic E-state index is 0.0263. The van der Waals surface area contributed by atoms with E-state index in [0.717, 1.165) is 11.1 Å². The van der Waals surface area contributed by atoms with E-state index in [4.69, 9.17) is 10.5 Å². The van der Waals surface area contributed by atoms with Crippen LogP contribution in [0.25, 0.3) is 0 Å². The number of benzene rings is 2. The molecule has 0 aromatic heterocycles. The van der Waals surface area contributed by atoms with Gasteiger partial charge in [0.1, 0.15) is 10.9 Å². The van der Waals surface area contributed by atoms with Crippen LogP contribution in [0.15, 0.2) is 59.5 Å². The Morgan fingerprint density at radius 3 is 2.21 bits per heavy atom. The minimum atomic E-state index is -3.73. The fourth-order valence-electron chi connectivity index (χ4n) is 3.80.